The molecule has 4 aromatic rings. The summed E-state index contributed by atoms with van der Waals surface area (Å²) in [4.78, 5) is 4.30. The van der Waals surface area contributed by atoms with Gasteiger partial charge in [0.15, 0.2) is 0 Å². The normalized spacial score (nSPS) is 11.2. The van der Waals surface area contributed by atoms with Gasteiger partial charge in [-0.25, -0.2) is 4.98 Å². The summed E-state index contributed by atoms with van der Waals surface area (Å²) in [5.74, 6) is 0.657. The lowest BCUT2D eigenvalue weighted by molar-refractivity contribution is 0.397. The molecule has 28 heavy (non-hydrogen) atoms. The second kappa shape index (κ2) is 8.37. The van der Waals surface area contributed by atoms with Crippen LogP contribution in [0.25, 0.3) is 0 Å². The zero-order chi connectivity index (χ0) is 19.2. The van der Waals surface area contributed by atoms with Crippen molar-refractivity contribution in [2.45, 2.75) is 6.16 Å². The van der Waals surface area contributed by atoms with Crippen molar-refractivity contribution in [3.8, 4) is 5.88 Å². The molecule has 0 bridgehead atoms. The predicted molar refractivity (Wildman–Crippen MR) is 120 cm³/mol. The van der Waals surface area contributed by atoms with Gasteiger partial charge in [0, 0.05) is 12.3 Å². The Morgan fingerprint density at radius 2 is 1.14 bits per heavy atom. The Labute approximate surface area is 167 Å². The van der Waals surface area contributed by atoms with Crippen LogP contribution in [0.5, 0.6) is 5.88 Å². The first-order chi connectivity index (χ1) is 13.8. The number of rotatable bonds is 6. The quantitative estimate of drug-likeness (QED) is 0.454. The maximum atomic E-state index is 5.39. The predicted octanol–water partition coefficient (Wildman–Crippen LogP) is 4.58. The molecule has 0 aliphatic rings. The highest BCUT2D eigenvalue weighted by molar-refractivity contribution is 7.95. The smallest absolute Gasteiger partial charge is 0.213 e. The van der Waals surface area contributed by atoms with E-state index in [0.717, 1.165) is 6.16 Å². The monoisotopic (exact) mass is 384 g/mol. The Morgan fingerprint density at radius 3 is 1.57 bits per heavy atom. The minimum atomic E-state index is -1.89. The van der Waals surface area contributed by atoms with Gasteiger partial charge in [0.1, 0.15) is 23.2 Å². The molecule has 2 nitrogen and oxygen atoms in total. The van der Waals surface area contributed by atoms with E-state index in [1.165, 1.54) is 21.5 Å². The van der Waals surface area contributed by atoms with Crippen molar-refractivity contribution in [3.63, 3.8) is 0 Å². The zero-order valence-electron chi connectivity index (χ0n) is 15.9. The van der Waals surface area contributed by atoms with Crippen LogP contribution >= 0.6 is 7.26 Å². The van der Waals surface area contributed by atoms with Crippen molar-refractivity contribution in [3.05, 3.63) is 115 Å². The van der Waals surface area contributed by atoms with Gasteiger partial charge in [-0.15, -0.1) is 0 Å². The van der Waals surface area contributed by atoms with Gasteiger partial charge in [-0.1, -0.05) is 54.6 Å². The Morgan fingerprint density at radius 1 is 0.679 bits per heavy atom. The summed E-state index contributed by atoms with van der Waals surface area (Å²) in [5.41, 5.74) is 1.23. The highest BCUT2D eigenvalue weighted by Gasteiger charge is 2.45. The van der Waals surface area contributed by atoms with Crippen molar-refractivity contribution >= 4 is 23.2 Å². The summed E-state index contributed by atoms with van der Waals surface area (Å²) >= 11 is 0. The highest BCUT2D eigenvalue weighted by Crippen LogP contribution is 2.58. The van der Waals surface area contributed by atoms with Gasteiger partial charge in [-0.2, -0.15) is 0 Å². The van der Waals surface area contributed by atoms with Crippen LogP contribution in [0.2, 0.25) is 0 Å². The molecule has 0 N–H and O–H groups in total. The SMILES string of the molecule is COc1cc(C[P+](c2ccccc2)(c2ccccc2)c2ccccc2)ccn1. The molecule has 1 aromatic heterocycles. The molecule has 0 unspecified atom stereocenters. The fourth-order valence-corrected chi connectivity index (χ4v) is 7.93. The van der Waals surface area contributed by atoms with Gasteiger partial charge < -0.3 is 4.74 Å². The van der Waals surface area contributed by atoms with Crippen LogP contribution in [-0.4, -0.2) is 12.1 Å². The molecule has 3 heteroatoms. The molecule has 138 valence electrons. The fourth-order valence-electron chi connectivity index (χ4n) is 3.70. The summed E-state index contributed by atoms with van der Waals surface area (Å²) in [5, 5.41) is 4.13. The molecule has 0 aliphatic heterocycles. The molecular formula is C25H23NOP+. The first-order valence-corrected chi connectivity index (χ1v) is 11.3. The zero-order valence-corrected chi connectivity index (χ0v) is 16.8. The fraction of sp³-hybridized carbons (Fsp3) is 0.0800. The Bertz CT molecular complexity index is 923. The van der Waals surface area contributed by atoms with Gasteiger partial charge in [-0.3, -0.25) is 0 Å². The summed E-state index contributed by atoms with van der Waals surface area (Å²) < 4.78 is 5.39. The van der Waals surface area contributed by atoms with Crippen molar-refractivity contribution < 1.29 is 4.74 Å². The van der Waals surface area contributed by atoms with Gasteiger partial charge in [-0.05, 0) is 48.0 Å². The molecule has 0 fully saturated rings. The second-order valence-corrected chi connectivity index (χ2v) is 10.2. The third-order valence-corrected chi connectivity index (χ3v) is 9.40. The summed E-state index contributed by atoms with van der Waals surface area (Å²) in [6.07, 6.45) is 2.76. The summed E-state index contributed by atoms with van der Waals surface area (Å²) in [6, 6.07) is 36.9. The Balaban J connectivity index is 1.98. The van der Waals surface area contributed by atoms with Crippen LogP contribution in [0.3, 0.4) is 0 Å². The third kappa shape index (κ3) is 3.56. The number of ether oxygens (including phenoxy) is 1. The number of pyridine rings is 1. The van der Waals surface area contributed by atoms with Crippen LogP contribution in [0.1, 0.15) is 5.56 Å². The van der Waals surface area contributed by atoms with Gasteiger partial charge >= 0.3 is 0 Å². The van der Waals surface area contributed by atoms with E-state index in [0.29, 0.717) is 5.88 Å². The van der Waals surface area contributed by atoms with E-state index in [1.54, 1.807) is 7.11 Å². The van der Waals surface area contributed by atoms with Crippen molar-refractivity contribution in [2.75, 3.05) is 7.11 Å². The molecule has 0 saturated heterocycles. The average molecular weight is 384 g/mol. The van der Waals surface area contributed by atoms with E-state index in [4.69, 9.17) is 4.74 Å². The highest BCUT2D eigenvalue weighted by atomic mass is 31.2. The molecule has 4 rings (SSSR count). The minimum absolute atomic E-state index is 0.657. The molecule has 3 aromatic carbocycles. The maximum absolute atomic E-state index is 5.39. The van der Waals surface area contributed by atoms with Crippen LogP contribution in [-0.2, 0) is 6.16 Å². The lowest BCUT2D eigenvalue weighted by atomic mass is 10.3. The van der Waals surface area contributed by atoms with Gasteiger partial charge in [0.25, 0.3) is 0 Å². The third-order valence-electron chi connectivity index (χ3n) is 5.02. The van der Waals surface area contributed by atoms with Gasteiger partial charge in [0.05, 0.1) is 13.3 Å². The molecular weight excluding hydrogens is 361 g/mol. The summed E-state index contributed by atoms with van der Waals surface area (Å²) in [6.45, 7) is 0. The average Bonchev–Trinajstić information content (AvgIpc) is 2.79. The molecule has 1 heterocycles. The minimum Gasteiger partial charge on any atom is -0.481 e. The van der Waals surface area contributed by atoms with Crippen LogP contribution < -0.4 is 20.7 Å². The first-order valence-electron chi connectivity index (χ1n) is 9.37. The molecule has 0 aliphatic carbocycles. The molecule has 0 spiro atoms. The van der Waals surface area contributed by atoms with Crippen molar-refractivity contribution in [2.24, 2.45) is 0 Å². The van der Waals surface area contributed by atoms with Gasteiger partial charge in [0.2, 0.25) is 5.88 Å². The number of aromatic nitrogens is 1. The lowest BCUT2D eigenvalue weighted by Gasteiger charge is -2.27. The molecule has 0 radical (unpaired) electrons. The summed E-state index contributed by atoms with van der Waals surface area (Å²) in [7, 11) is -0.222. The number of methoxy groups -OCH3 is 1. The molecule has 0 saturated carbocycles. The number of nitrogens with zero attached hydrogens (tertiary/aromatic N) is 1. The van der Waals surface area contributed by atoms with Crippen molar-refractivity contribution in [1.29, 1.82) is 0 Å². The molecule has 0 amide bonds. The van der Waals surface area contributed by atoms with E-state index < -0.39 is 7.26 Å². The standard InChI is InChI=1S/C25H23NOP/c1-27-25-19-21(17-18-26-25)20-28(22-11-5-2-6-12-22,23-13-7-3-8-14-23)24-15-9-4-10-16-24/h2-19H,20H2,1H3/q+1. The van der Waals surface area contributed by atoms with Crippen LogP contribution in [0, 0.1) is 0 Å². The van der Waals surface area contributed by atoms with Crippen LogP contribution in [0.4, 0.5) is 0 Å². The maximum Gasteiger partial charge on any atom is 0.213 e. The number of benzene rings is 3. The first kappa shape index (κ1) is 18.4. The topological polar surface area (TPSA) is 22.1 Å². The largest absolute Gasteiger partial charge is 0.481 e. The van der Waals surface area contributed by atoms with Crippen LogP contribution in [0.15, 0.2) is 109 Å². The van der Waals surface area contributed by atoms with E-state index >= 15 is 0 Å². The Kier molecular flexibility index (Phi) is 5.50. The number of hydrogen-bond acceptors (Lipinski definition) is 2. The van der Waals surface area contributed by atoms with Crippen molar-refractivity contribution in [1.82, 2.24) is 4.98 Å². The number of hydrogen-bond donors (Lipinski definition) is 0. The lowest BCUT2D eigenvalue weighted by Crippen LogP contribution is -2.32. The molecule has 0 atom stereocenters. The van der Waals surface area contributed by atoms with E-state index in [1.807, 2.05) is 6.20 Å². The van der Waals surface area contributed by atoms with E-state index in [2.05, 4.69) is 108 Å². The van der Waals surface area contributed by atoms with E-state index in [-0.39, 0.29) is 0 Å². The second-order valence-electron chi connectivity index (χ2n) is 6.68. The Hall–Kier alpha value is -2.96. The van der Waals surface area contributed by atoms with E-state index in [9.17, 15) is 0 Å².